The highest BCUT2D eigenvalue weighted by molar-refractivity contribution is 8.01. The summed E-state index contributed by atoms with van der Waals surface area (Å²) in [5.41, 5.74) is 5.03. The van der Waals surface area contributed by atoms with Gasteiger partial charge in [0.1, 0.15) is 0 Å². The molecular weight excluding hydrogens is 538 g/mol. The van der Waals surface area contributed by atoms with E-state index in [-0.39, 0.29) is 16.4 Å². The van der Waals surface area contributed by atoms with Crippen LogP contribution in [-0.4, -0.2) is 20.8 Å². The summed E-state index contributed by atoms with van der Waals surface area (Å²) in [6.07, 6.45) is 7.52. The Kier molecular flexibility index (Phi) is 8.37. The molecule has 1 N–H and O–H groups in total. The Bertz CT molecular complexity index is 1550. The lowest BCUT2D eigenvalue weighted by Gasteiger charge is -2.26. The summed E-state index contributed by atoms with van der Waals surface area (Å²) in [6, 6.07) is 26.2. The normalized spacial score (nSPS) is 15.4. The van der Waals surface area contributed by atoms with E-state index in [1.165, 1.54) is 0 Å². The highest BCUT2D eigenvalue weighted by Gasteiger charge is 2.45. The van der Waals surface area contributed by atoms with Crippen LogP contribution in [0.5, 0.6) is 0 Å². The zero-order valence-corrected chi connectivity index (χ0v) is 24.3. The van der Waals surface area contributed by atoms with E-state index < -0.39 is 11.6 Å². The second kappa shape index (κ2) is 11.8. The van der Waals surface area contributed by atoms with Crippen LogP contribution in [0.3, 0.4) is 0 Å². The molecule has 3 aromatic carbocycles. The van der Waals surface area contributed by atoms with Crippen LogP contribution in [0.2, 0.25) is 5.02 Å². The number of rotatable bonds is 11. The van der Waals surface area contributed by atoms with E-state index in [9.17, 15) is 15.0 Å². The molecule has 1 aromatic heterocycles. The number of aliphatic hydroxyl groups is 1. The molecule has 1 aliphatic rings. The number of aromatic nitrogens is 1. The fourth-order valence-electron chi connectivity index (χ4n) is 5.20. The molecule has 1 aliphatic carbocycles. The average Bonchev–Trinajstić information content (AvgIpc) is 3.67. The number of carboxylic acids is 1. The molecule has 0 spiro atoms. The summed E-state index contributed by atoms with van der Waals surface area (Å²) >= 11 is 7.92. The number of hydrogen-bond acceptors (Lipinski definition) is 5. The molecule has 1 fully saturated rings. The third kappa shape index (κ3) is 7.14. The molecule has 4 aromatic rings. The molecule has 5 rings (SSSR count). The zero-order chi connectivity index (χ0) is 28.3. The minimum Gasteiger partial charge on any atom is -0.550 e. The van der Waals surface area contributed by atoms with Crippen LogP contribution in [0, 0.1) is 0 Å². The third-order valence-electron chi connectivity index (χ3n) is 7.42. The fraction of sp³-hybridized carbons (Fsp3) is 0.294. The predicted molar refractivity (Wildman–Crippen MR) is 164 cm³/mol. The summed E-state index contributed by atoms with van der Waals surface area (Å²) in [5, 5.41) is 24.0. The Morgan fingerprint density at radius 3 is 2.60 bits per heavy atom. The van der Waals surface area contributed by atoms with Crippen molar-refractivity contribution < 1.29 is 15.0 Å². The maximum absolute atomic E-state index is 11.5. The molecule has 0 aliphatic heterocycles. The van der Waals surface area contributed by atoms with Crippen molar-refractivity contribution in [2.75, 3.05) is 0 Å². The number of nitrogens with zero attached hydrogens (tertiary/aromatic N) is 1. The van der Waals surface area contributed by atoms with Gasteiger partial charge in [-0.15, -0.1) is 11.8 Å². The van der Waals surface area contributed by atoms with Gasteiger partial charge in [-0.3, -0.25) is 0 Å². The van der Waals surface area contributed by atoms with Crippen LogP contribution in [0.4, 0.5) is 0 Å². The maximum Gasteiger partial charge on any atom is 0.0843 e. The van der Waals surface area contributed by atoms with Gasteiger partial charge in [-0.2, -0.15) is 0 Å². The Morgan fingerprint density at radius 1 is 1.07 bits per heavy atom. The predicted octanol–water partition coefficient (Wildman–Crippen LogP) is 7.37. The van der Waals surface area contributed by atoms with Crippen molar-refractivity contribution >= 4 is 52.4 Å². The van der Waals surface area contributed by atoms with Gasteiger partial charge in [0.2, 0.25) is 0 Å². The van der Waals surface area contributed by atoms with Gasteiger partial charge in [-0.1, -0.05) is 78.3 Å². The summed E-state index contributed by atoms with van der Waals surface area (Å²) < 4.78 is -0.262. The van der Waals surface area contributed by atoms with E-state index in [0.717, 1.165) is 64.5 Å². The Balaban J connectivity index is 1.40. The van der Waals surface area contributed by atoms with Crippen molar-refractivity contribution in [3.8, 4) is 0 Å². The minimum absolute atomic E-state index is 0.0751. The Morgan fingerprint density at radius 2 is 1.85 bits per heavy atom. The quantitative estimate of drug-likeness (QED) is 0.204. The Hall–Kier alpha value is -3.12. The van der Waals surface area contributed by atoms with Gasteiger partial charge in [-0.05, 0) is 86.1 Å². The van der Waals surface area contributed by atoms with Crippen molar-refractivity contribution in [3.05, 3.63) is 112 Å². The molecule has 4 nitrogen and oxygen atoms in total. The third-order valence-corrected chi connectivity index (χ3v) is 9.50. The molecule has 0 bridgehead atoms. The average molecular weight is 571 g/mol. The highest BCUT2D eigenvalue weighted by Crippen LogP contribution is 2.57. The van der Waals surface area contributed by atoms with Gasteiger partial charge in [0.05, 0.1) is 16.8 Å². The Labute approximate surface area is 245 Å². The molecule has 1 saturated carbocycles. The van der Waals surface area contributed by atoms with Gasteiger partial charge in [0, 0.05) is 32.8 Å². The van der Waals surface area contributed by atoms with Crippen molar-refractivity contribution in [3.63, 3.8) is 0 Å². The number of carbonyl (C=O) groups is 1. The van der Waals surface area contributed by atoms with Crippen LogP contribution >= 0.6 is 23.4 Å². The van der Waals surface area contributed by atoms with Crippen LogP contribution in [0.1, 0.15) is 72.7 Å². The largest absolute Gasteiger partial charge is 0.550 e. The van der Waals surface area contributed by atoms with Crippen LogP contribution in [0.25, 0.3) is 23.1 Å². The van der Waals surface area contributed by atoms with Gasteiger partial charge < -0.3 is 15.0 Å². The number of benzene rings is 3. The number of pyridine rings is 1. The van der Waals surface area contributed by atoms with Crippen LogP contribution in [-0.2, 0) is 16.8 Å². The molecule has 40 heavy (non-hydrogen) atoms. The van der Waals surface area contributed by atoms with Crippen molar-refractivity contribution in [1.29, 1.82) is 0 Å². The summed E-state index contributed by atoms with van der Waals surface area (Å²) in [7, 11) is 0. The van der Waals surface area contributed by atoms with Crippen LogP contribution in [0.15, 0.2) is 78.9 Å². The summed E-state index contributed by atoms with van der Waals surface area (Å²) in [6.45, 7) is 3.62. The number of carboxylic acid groups (broad SMARTS) is 1. The molecule has 0 amide bonds. The standard InChI is InChI=1S/C34H34ClNO3S/c1-33(2,39)29-9-4-3-7-24(29)13-17-31(40-34(18-19-34)22-32(37)38)26-8-5-6-23(20-26)10-15-28-16-12-25-11-14-27(35)21-30(25)36-28/h3-12,14-16,20-21,31,39H,13,17-19,22H2,1-2H3,(H,37,38)/p-1/b15-10+/t31-/m1/s1. The van der Waals surface area contributed by atoms with E-state index in [2.05, 4.69) is 36.4 Å². The molecule has 0 unspecified atom stereocenters. The van der Waals surface area contributed by atoms with E-state index in [0.29, 0.717) is 5.02 Å². The number of hydrogen-bond donors (Lipinski definition) is 1. The fourth-order valence-corrected chi connectivity index (χ4v) is 7.03. The first-order valence-electron chi connectivity index (χ1n) is 13.6. The van der Waals surface area contributed by atoms with E-state index in [1.54, 1.807) is 11.8 Å². The van der Waals surface area contributed by atoms with Gasteiger partial charge in [0.15, 0.2) is 0 Å². The van der Waals surface area contributed by atoms with Crippen LogP contribution < -0.4 is 5.11 Å². The van der Waals surface area contributed by atoms with E-state index in [1.807, 2.05) is 68.5 Å². The maximum atomic E-state index is 11.5. The van der Waals surface area contributed by atoms with Crippen molar-refractivity contribution in [2.45, 2.75) is 61.5 Å². The molecule has 0 saturated heterocycles. The lowest BCUT2D eigenvalue weighted by molar-refractivity contribution is -0.305. The summed E-state index contributed by atoms with van der Waals surface area (Å²) in [5.74, 6) is -0.989. The SMILES string of the molecule is CC(C)(O)c1ccccc1CC[C@@H](SC1(CC(=O)[O-])CC1)c1cccc(/C=C/c2ccc3ccc(Cl)cc3n2)c1. The summed E-state index contributed by atoms with van der Waals surface area (Å²) in [4.78, 5) is 16.2. The first-order valence-corrected chi connectivity index (χ1v) is 14.9. The lowest BCUT2D eigenvalue weighted by Crippen LogP contribution is -2.27. The number of carbonyl (C=O) groups excluding carboxylic acids is 1. The highest BCUT2D eigenvalue weighted by atomic mass is 35.5. The van der Waals surface area contributed by atoms with E-state index >= 15 is 0 Å². The second-order valence-electron chi connectivity index (χ2n) is 11.2. The smallest absolute Gasteiger partial charge is 0.0843 e. The minimum atomic E-state index is -0.989. The topological polar surface area (TPSA) is 73.2 Å². The van der Waals surface area contributed by atoms with Gasteiger partial charge in [-0.25, -0.2) is 4.98 Å². The first-order chi connectivity index (χ1) is 19.1. The monoisotopic (exact) mass is 570 g/mol. The first kappa shape index (κ1) is 28.4. The van der Waals surface area contributed by atoms with Gasteiger partial charge >= 0.3 is 0 Å². The van der Waals surface area contributed by atoms with Crippen molar-refractivity contribution in [1.82, 2.24) is 4.98 Å². The van der Waals surface area contributed by atoms with Crippen molar-refractivity contribution in [2.24, 2.45) is 0 Å². The number of halogens is 1. The molecule has 1 heterocycles. The number of aliphatic carboxylic acids is 1. The molecule has 0 radical (unpaired) electrons. The molecule has 206 valence electrons. The molecular formula is C34H33ClNO3S-. The lowest BCUT2D eigenvalue weighted by atomic mass is 9.90. The second-order valence-corrected chi connectivity index (χ2v) is 13.3. The van der Waals surface area contributed by atoms with E-state index in [4.69, 9.17) is 16.6 Å². The number of aryl methyl sites for hydroxylation is 1. The molecule has 1 atom stereocenters. The molecule has 6 heteroatoms. The zero-order valence-electron chi connectivity index (χ0n) is 22.8. The van der Waals surface area contributed by atoms with Gasteiger partial charge in [0.25, 0.3) is 0 Å². The number of thioether (sulfide) groups is 1. The number of fused-ring (bicyclic) bond motifs is 1.